The molecule has 4 nitrogen and oxygen atoms in total. The Labute approximate surface area is 104 Å². The molecule has 2 rings (SSSR count). The van der Waals surface area contributed by atoms with Crippen LogP contribution in [0.25, 0.3) is 0 Å². The van der Waals surface area contributed by atoms with Gasteiger partial charge in [0.25, 0.3) is 5.91 Å². The monoisotopic (exact) mass is 245 g/mol. The molecule has 1 amide bonds. The Morgan fingerprint density at radius 2 is 2.00 bits per heavy atom. The molecule has 0 aliphatic heterocycles. The maximum Gasteiger partial charge on any atom is 0.261 e. The number of hydrogen-bond acceptors (Lipinski definition) is 3. The summed E-state index contributed by atoms with van der Waals surface area (Å²) >= 11 is 0. The number of pyridine rings is 1. The molecule has 0 bridgehead atoms. The van der Waals surface area contributed by atoms with E-state index in [1.54, 1.807) is 19.2 Å². The molecule has 92 valence electrons. The van der Waals surface area contributed by atoms with E-state index in [1.807, 2.05) is 18.2 Å². The first kappa shape index (κ1) is 12.0. The molecule has 0 atom stereocenters. The molecule has 1 aromatic heterocycles. The number of halogens is 1. The lowest BCUT2D eigenvalue weighted by Crippen LogP contribution is -2.27. The van der Waals surface area contributed by atoms with Crippen molar-refractivity contribution in [2.24, 2.45) is 0 Å². The topological polar surface area (TPSA) is 59.2 Å². The number of nitrogen functional groups attached to an aromatic ring is 1. The van der Waals surface area contributed by atoms with Crippen LogP contribution in [0.3, 0.4) is 0 Å². The second-order valence-electron chi connectivity index (χ2n) is 3.79. The van der Waals surface area contributed by atoms with E-state index >= 15 is 0 Å². The molecule has 0 saturated heterocycles. The van der Waals surface area contributed by atoms with Crippen molar-refractivity contribution in [2.45, 2.75) is 0 Å². The molecule has 0 aliphatic rings. The van der Waals surface area contributed by atoms with Crippen LogP contribution < -0.4 is 10.6 Å². The van der Waals surface area contributed by atoms with Crippen LogP contribution in [0.1, 0.15) is 10.4 Å². The Morgan fingerprint density at radius 3 is 2.67 bits per heavy atom. The molecule has 1 heterocycles. The Balaban J connectivity index is 2.34. The summed E-state index contributed by atoms with van der Waals surface area (Å²) in [6.45, 7) is 0. The lowest BCUT2D eigenvalue weighted by atomic mass is 10.2. The third kappa shape index (κ3) is 2.29. The fraction of sp³-hybridized carbons (Fsp3) is 0.0769. The largest absolute Gasteiger partial charge is 0.383 e. The summed E-state index contributed by atoms with van der Waals surface area (Å²) in [5.74, 6) is -0.969. The number of benzene rings is 1. The summed E-state index contributed by atoms with van der Waals surface area (Å²) in [5, 5.41) is 0. The molecule has 18 heavy (non-hydrogen) atoms. The zero-order chi connectivity index (χ0) is 13.1. The Kier molecular flexibility index (Phi) is 3.23. The van der Waals surface area contributed by atoms with Crippen LogP contribution in [-0.2, 0) is 0 Å². The van der Waals surface area contributed by atoms with Crippen molar-refractivity contribution in [1.29, 1.82) is 0 Å². The van der Waals surface area contributed by atoms with Crippen LogP contribution in [0, 0.1) is 5.82 Å². The average molecular weight is 245 g/mol. The highest BCUT2D eigenvalue weighted by Gasteiger charge is 2.17. The number of rotatable bonds is 2. The average Bonchev–Trinajstić information content (AvgIpc) is 2.41. The highest BCUT2D eigenvalue weighted by Crippen LogP contribution is 2.17. The van der Waals surface area contributed by atoms with Crippen molar-refractivity contribution in [1.82, 2.24) is 4.98 Å². The van der Waals surface area contributed by atoms with Gasteiger partial charge in [0.15, 0.2) is 0 Å². The summed E-state index contributed by atoms with van der Waals surface area (Å²) in [6.07, 6.45) is 0.981. The van der Waals surface area contributed by atoms with Gasteiger partial charge < -0.3 is 10.6 Å². The van der Waals surface area contributed by atoms with Gasteiger partial charge >= 0.3 is 0 Å². The second kappa shape index (κ2) is 4.83. The van der Waals surface area contributed by atoms with E-state index in [4.69, 9.17) is 5.73 Å². The van der Waals surface area contributed by atoms with E-state index in [1.165, 1.54) is 4.90 Å². The van der Waals surface area contributed by atoms with Crippen molar-refractivity contribution in [3.05, 3.63) is 54.0 Å². The number of nitrogens with zero attached hydrogens (tertiary/aromatic N) is 2. The van der Waals surface area contributed by atoms with Gasteiger partial charge in [-0.15, -0.1) is 0 Å². The fourth-order valence-electron chi connectivity index (χ4n) is 1.57. The Bertz CT molecular complexity index is 572. The third-order valence-electron chi connectivity index (χ3n) is 2.56. The van der Waals surface area contributed by atoms with E-state index in [9.17, 15) is 9.18 Å². The molecular weight excluding hydrogens is 233 g/mol. The van der Waals surface area contributed by atoms with Crippen LogP contribution in [0.15, 0.2) is 42.6 Å². The van der Waals surface area contributed by atoms with Crippen LogP contribution in [-0.4, -0.2) is 17.9 Å². The van der Waals surface area contributed by atoms with Crippen molar-refractivity contribution < 1.29 is 9.18 Å². The normalized spacial score (nSPS) is 10.1. The number of nitrogens with two attached hydrogens (primary N) is 1. The molecule has 5 heteroatoms. The minimum atomic E-state index is -0.589. The fourth-order valence-corrected chi connectivity index (χ4v) is 1.57. The molecule has 0 saturated carbocycles. The van der Waals surface area contributed by atoms with E-state index in [0.717, 1.165) is 12.3 Å². The lowest BCUT2D eigenvalue weighted by Gasteiger charge is -2.17. The van der Waals surface area contributed by atoms with Gasteiger partial charge in [0.2, 0.25) is 0 Å². The Hall–Kier alpha value is -2.43. The van der Waals surface area contributed by atoms with Crippen LogP contribution in [0.4, 0.5) is 15.9 Å². The number of aromatic nitrogens is 1. The SMILES string of the molecule is CN(C(=O)c1cc(F)cnc1N)c1ccccc1. The zero-order valence-electron chi connectivity index (χ0n) is 9.80. The predicted molar refractivity (Wildman–Crippen MR) is 67.8 cm³/mol. The minimum absolute atomic E-state index is 0.0178. The van der Waals surface area contributed by atoms with Gasteiger partial charge in [-0.25, -0.2) is 9.37 Å². The molecule has 1 aromatic carbocycles. The van der Waals surface area contributed by atoms with Crippen molar-refractivity contribution in [2.75, 3.05) is 17.7 Å². The number of anilines is 2. The quantitative estimate of drug-likeness (QED) is 0.881. The summed E-state index contributed by atoms with van der Waals surface area (Å²) in [4.78, 5) is 17.2. The number of para-hydroxylation sites is 1. The molecule has 0 radical (unpaired) electrons. The maximum absolute atomic E-state index is 13.1. The summed E-state index contributed by atoms with van der Waals surface area (Å²) in [6, 6.07) is 10.1. The van der Waals surface area contributed by atoms with Gasteiger partial charge in [-0.05, 0) is 18.2 Å². The van der Waals surface area contributed by atoms with Gasteiger partial charge in [-0.1, -0.05) is 18.2 Å². The van der Waals surface area contributed by atoms with Gasteiger partial charge in [0.1, 0.15) is 11.6 Å². The first-order chi connectivity index (χ1) is 8.59. The molecule has 0 spiro atoms. The van der Waals surface area contributed by atoms with Crippen molar-refractivity contribution >= 4 is 17.4 Å². The number of amides is 1. The van der Waals surface area contributed by atoms with Crippen molar-refractivity contribution in [3.8, 4) is 0 Å². The molecule has 2 N–H and O–H groups in total. The molecular formula is C13H12FN3O. The lowest BCUT2D eigenvalue weighted by molar-refractivity contribution is 0.0993. The smallest absolute Gasteiger partial charge is 0.261 e. The maximum atomic E-state index is 13.1. The highest BCUT2D eigenvalue weighted by molar-refractivity contribution is 6.08. The van der Waals surface area contributed by atoms with Gasteiger partial charge in [-0.2, -0.15) is 0 Å². The Morgan fingerprint density at radius 1 is 1.33 bits per heavy atom. The van der Waals surface area contributed by atoms with Crippen molar-refractivity contribution in [3.63, 3.8) is 0 Å². The van der Waals surface area contributed by atoms with Crippen LogP contribution in [0.2, 0.25) is 0 Å². The standard InChI is InChI=1S/C13H12FN3O/c1-17(10-5-3-2-4-6-10)13(18)11-7-9(14)8-16-12(11)15/h2-8H,1H3,(H2,15,16). The van der Waals surface area contributed by atoms with Crippen LogP contribution >= 0.6 is 0 Å². The van der Waals surface area contributed by atoms with Crippen LogP contribution in [0.5, 0.6) is 0 Å². The second-order valence-corrected chi connectivity index (χ2v) is 3.79. The number of carbonyl (C=O) groups excluding carboxylic acids is 1. The molecule has 0 fully saturated rings. The van der Waals surface area contributed by atoms with Gasteiger partial charge in [-0.3, -0.25) is 4.79 Å². The third-order valence-corrected chi connectivity index (χ3v) is 2.56. The first-order valence-electron chi connectivity index (χ1n) is 5.33. The number of hydrogen-bond donors (Lipinski definition) is 1. The molecule has 2 aromatic rings. The summed E-state index contributed by atoms with van der Waals surface area (Å²) < 4.78 is 13.1. The van der Waals surface area contributed by atoms with Gasteiger partial charge in [0.05, 0.1) is 11.8 Å². The van der Waals surface area contributed by atoms with E-state index < -0.39 is 11.7 Å². The minimum Gasteiger partial charge on any atom is -0.383 e. The predicted octanol–water partition coefficient (Wildman–Crippen LogP) is 2.08. The van der Waals surface area contributed by atoms with E-state index in [0.29, 0.717) is 5.69 Å². The zero-order valence-corrected chi connectivity index (χ0v) is 9.80. The summed E-state index contributed by atoms with van der Waals surface area (Å²) in [5.41, 5.74) is 6.34. The molecule has 0 aliphatic carbocycles. The summed E-state index contributed by atoms with van der Waals surface area (Å²) in [7, 11) is 1.60. The number of carbonyl (C=O) groups is 1. The van der Waals surface area contributed by atoms with E-state index in [2.05, 4.69) is 4.98 Å². The van der Waals surface area contributed by atoms with Gasteiger partial charge in [0, 0.05) is 12.7 Å². The highest BCUT2D eigenvalue weighted by atomic mass is 19.1. The molecule has 0 unspecified atom stereocenters. The van der Waals surface area contributed by atoms with E-state index in [-0.39, 0.29) is 11.4 Å². The first-order valence-corrected chi connectivity index (χ1v) is 5.33.